The third-order valence-corrected chi connectivity index (χ3v) is 11.1. The summed E-state index contributed by atoms with van der Waals surface area (Å²) in [6.07, 6.45) is 0. The molecule has 0 radical (unpaired) electrons. The third-order valence-electron chi connectivity index (χ3n) is 11.1. The van der Waals surface area contributed by atoms with Crippen LogP contribution in [-0.4, -0.2) is 19.5 Å². The summed E-state index contributed by atoms with van der Waals surface area (Å²) in [5.41, 5.74) is 11.5. The van der Waals surface area contributed by atoms with Gasteiger partial charge in [-0.15, -0.1) is 0 Å². The molecular weight excluding hydrogens is 701 g/mol. The maximum Gasteiger partial charge on any atom is 0.164 e. The van der Waals surface area contributed by atoms with Crippen LogP contribution in [0.5, 0.6) is 0 Å². The van der Waals surface area contributed by atoms with Crippen molar-refractivity contribution in [3.8, 4) is 51.0 Å². The van der Waals surface area contributed by atoms with E-state index in [-0.39, 0.29) is 0 Å². The van der Waals surface area contributed by atoms with E-state index in [2.05, 4.69) is 114 Å². The highest BCUT2D eigenvalue weighted by Crippen LogP contribution is 2.42. The molecule has 6 heteroatoms. The Labute approximate surface area is 325 Å². The van der Waals surface area contributed by atoms with Crippen LogP contribution in [0.2, 0.25) is 0 Å². The second-order valence-corrected chi connectivity index (χ2v) is 14.3. The van der Waals surface area contributed by atoms with E-state index in [9.17, 15) is 0 Å². The smallest absolute Gasteiger partial charge is 0.164 e. The van der Waals surface area contributed by atoms with Gasteiger partial charge < -0.3 is 13.4 Å². The second-order valence-electron chi connectivity index (χ2n) is 14.3. The van der Waals surface area contributed by atoms with Crippen LogP contribution in [0.1, 0.15) is 0 Å². The van der Waals surface area contributed by atoms with Crippen molar-refractivity contribution < 1.29 is 8.83 Å². The van der Waals surface area contributed by atoms with Gasteiger partial charge in [0.15, 0.2) is 17.5 Å². The van der Waals surface area contributed by atoms with E-state index in [0.29, 0.717) is 17.5 Å². The fraction of sp³-hybridized carbons (Fsp3) is 0. The molecule has 0 spiro atoms. The molecule has 12 aromatic rings. The van der Waals surface area contributed by atoms with E-state index >= 15 is 0 Å². The first kappa shape index (κ1) is 31.5. The van der Waals surface area contributed by atoms with E-state index in [1.54, 1.807) is 0 Å². The van der Waals surface area contributed by atoms with Crippen molar-refractivity contribution in [2.45, 2.75) is 0 Å². The number of fused-ring (bicyclic) bond motifs is 9. The normalized spacial score (nSPS) is 11.9. The average molecular weight is 731 g/mol. The maximum absolute atomic E-state index is 6.70. The summed E-state index contributed by atoms with van der Waals surface area (Å²) in [5.74, 6) is 1.73. The monoisotopic (exact) mass is 730 g/mol. The minimum absolute atomic E-state index is 0.568. The van der Waals surface area contributed by atoms with Gasteiger partial charge in [-0.1, -0.05) is 133 Å². The fourth-order valence-electron chi connectivity index (χ4n) is 8.57. The molecule has 8 aromatic carbocycles. The predicted octanol–water partition coefficient (Wildman–Crippen LogP) is 13.4. The lowest BCUT2D eigenvalue weighted by molar-refractivity contribution is 0.668. The Kier molecular flexibility index (Phi) is 6.83. The summed E-state index contributed by atoms with van der Waals surface area (Å²) in [6.45, 7) is 0. The second kappa shape index (κ2) is 12.3. The van der Waals surface area contributed by atoms with E-state index < -0.39 is 0 Å². The van der Waals surface area contributed by atoms with Crippen molar-refractivity contribution in [3.05, 3.63) is 182 Å². The first-order valence-corrected chi connectivity index (χ1v) is 19.0. The van der Waals surface area contributed by atoms with Crippen LogP contribution in [-0.2, 0) is 0 Å². The van der Waals surface area contributed by atoms with Crippen molar-refractivity contribution in [1.82, 2.24) is 19.5 Å². The van der Waals surface area contributed by atoms with Crippen molar-refractivity contribution in [3.63, 3.8) is 0 Å². The molecule has 0 aliphatic heterocycles. The number of hydrogen-bond donors (Lipinski definition) is 0. The number of benzene rings is 8. The van der Waals surface area contributed by atoms with Gasteiger partial charge in [0.2, 0.25) is 0 Å². The van der Waals surface area contributed by atoms with Crippen LogP contribution in [0, 0.1) is 0 Å². The molecule has 266 valence electrons. The molecule has 4 aromatic heterocycles. The zero-order valence-electron chi connectivity index (χ0n) is 30.4. The van der Waals surface area contributed by atoms with Crippen molar-refractivity contribution in [2.75, 3.05) is 0 Å². The van der Waals surface area contributed by atoms with E-state index in [1.807, 2.05) is 72.8 Å². The topological polar surface area (TPSA) is 69.9 Å². The molecule has 4 heterocycles. The number of nitrogens with zero attached hydrogens (tertiary/aromatic N) is 4. The summed E-state index contributed by atoms with van der Waals surface area (Å²) < 4.78 is 15.3. The summed E-state index contributed by atoms with van der Waals surface area (Å²) >= 11 is 0. The van der Waals surface area contributed by atoms with Gasteiger partial charge >= 0.3 is 0 Å². The summed E-state index contributed by atoms with van der Waals surface area (Å²) in [6, 6.07) is 62.6. The average Bonchev–Trinajstić information content (AvgIpc) is 3.96. The number of hydrogen-bond acceptors (Lipinski definition) is 5. The summed E-state index contributed by atoms with van der Waals surface area (Å²) in [7, 11) is 0. The highest BCUT2D eigenvalue weighted by molar-refractivity contribution is 6.16. The molecule has 0 amide bonds. The van der Waals surface area contributed by atoms with Gasteiger partial charge in [-0.2, -0.15) is 0 Å². The minimum atomic E-state index is 0.568. The SMILES string of the molecule is c1ccc(-c2nc(-c3cccc4oc5ccccc5c34)nc(-c3cccc4oc5cc(-c6cccc7c8ccccc8n(-c8ccccc8)c67)ccc5c34)n2)cc1. The Bertz CT molecular complexity index is 3530. The molecule has 0 fully saturated rings. The molecule has 0 aliphatic rings. The molecule has 0 saturated heterocycles. The zero-order valence-corrected chi connectivity index (χ0v) is 30.4. The highest BCUT2D eigenvalue weighted by atomic mass is 16.3. The van der Waals surface area contributed by atoms with Crippen LogP contribution in [0.3, 0.4) is 0 Å². The molecule has 12 rings (SSSR count). The molecule has 0 atom stereocenters. The third kappa shape index (κ3) is 4.87. The van der Waals surface area contributed by atoms with Gasteiger partial charge in [0.05, 0.1) is 11.0 Å². The lowest BCUT2D eigenvalue weighted by atomic mass is 9.99. The van der Waals surface area contributed by atoms with Gasteiger partial charge in [0, 0.05) is 60.3 Å². The lowest BCUT2D eigenvalue weighted by Crippen LogP contribution is -2.00. The molecular formula is C51H30N4O2. The minimum Gasteiger partial charge on any atom is -0.456 e. The van der Waals surface area contributed by atoms with Crippen LogP contribution in [0.15, 0.2) is 191 Å². The number of furan rings is 2. The van der Waals surface area contributed by atoms with Gasteiger partial charge in [-0.05, 0) is 54.1 Å². The number of para-hydroxylation sites is 4. The van der Waals surface area contributed by atoms with Gasteiger partial charge in [0.25, 0.3) is 0 Å². The van der Waals surface area contributed by atoms with Gasteiger partial charge in [-0.3, -0.25) is 0 Å². The Morgan fingerprint density at radius 1 is 0.351 bits per heavy atom. The molecule has 0 aliphatic carbocycles. The lowest BCUT2D eigenvalue weighted by Gasteiger charge is -2.12. The van der Waals surface area contributed by atoms with E-state index in [0.717, 1.165) is 82.9 Å². The van der Waals surface area contributed by atoms with Crippen molar-refractivity contribution in [2.24, 2.45) is 0 Å². The molecule has 6 nitrogen and oxygen atoms in total. The standard InChI is InChI=1S/C51H30N4O2/c1-3-14-31(15-4-1)49-52-50(39-22-12-26-43-46(39)37-19-8-10-25-42(37)56-43)54-51(53-49)40-23-13-27-44-47(40)38-29-28-32(30-45(38)57-44)34-20-11-21-36-35-18-7-9-24-41(35)55(48(34)36)33-16-5-2-6-17-33/h1-30H. The molecule has 0 bridgehead atoms. The fourth-order valence-corrected chi connectivity index (χ4v) is 8.57. The first-order chi connectivity index (χ1) is 28.3. The summed E-state index contributed by atoms with van der Waals surface area (Å²) in [5, 5.41) is 6.37. The molecule has 57 heavy (non-hydrogen) atoms. The zero-order chi connectivity index (χ0) is 37.5. The Hall–Kier alpha value is -7.83. The number of rotatable bonds is 5. The Morgan fingerprint density at radius 2 is 0.895 bits per heavy atom. The molecule has 0 N–H and O–H groups in total. The van der Waals surface area contributed by atoms with E-state index in [4.69, 9.17) is 23.8 Å². The maximum atomic E-state index is 6.70. The molecule has 0 unspecified atom stereocenters. The van der Waals surface area contributed by atoms with Crippen LogP contribution < -0.4 is 0 Å². The number of aromatic nitrogens is 4. The van der Waals surface area contributed by atoms with Crippen molar-refractivity contribution in [1.29, 1.82) is 0 Å². The summed E-state index contributed by atoms with van der Waals surface area (Å²) in [4.78, 5) is 15.4. The van der Waals surface area contributed by atoms with Gasteiger partial charge in [-0.25, -0.2) is 15.0 Å². The van der Waals surface area contributed by atoms with Crippen molar-refractivity contribution >= 4 is 65.7 Å². The van der Waals surface area contributed by atoms with E-state index in [1.165, 1.54) is 16.3 Å². The largest absolute Gasteiger partial charge is 0.456 e. The first-order valence-electron chi connectivity index (χ1n) is 19.0. The van der Waals surface area contributed by atoms with Crippen LogP contribution >= 0.6 is 0 Å². The van der Waals surface area contributed by atoms with Crippen LogP contribution in [0.4, 0.5) is 0 Å². The predicted molar refractivity (Wildman–Crippen MR) is 230 cm³/mol. The van der Waals surface area contributed by atoms with Gasteiger partial charge in [0.1, 0.15) is 22.3 Å². The van der Waals surface area contributed by atoms with Crippen LogP contribution in [0.25, 0.3) is 117 Å². The Morgan fingerprint density at radius 3 is 1.65 bits per heavy atom. The Balaban J connectivity index is 1.07. The molecule has 0 saturated carbocycles. The quantitative estimate of drug-likeness (QED) is 0.176. The highest BCUT2D eigenvalue weighted by Gasteiger charge is 2.22.